The predicted molar refractivity (Wildman–Crippen MR) is 67.2 cm³/mol. The topological polar surface area (TPSA) is 79.5 Å². The van der Waals surface area contributed by atoms with Gasteiger partial charge in [-0.25, -0.2) is 4.98 Å². The molecule has 96 valence electrons. The predicted octanol–water partition coefficient (Wildman–Crippen LogP) is 0.231. The molecule has 0 radical (unpaired) electrons. The van der Waals surface area contributed by atoms with Gasteiger partial charge in [0.1, 0.15) is 12.4 Å². The fourth-order valence-corrected chi connectivity index (χ4v) is 1.85. The molecule has 0 saturated carbocycles. The Morgan fingerprint density at radius 2 is 2.22 bits per heavy atom. The number of likely N-dealkylation sites (N-methyl/N-ethyl adjacent to an activating group) is 1. The van der Waals surface area contributed by atoms with E-state index in [0.29, 0.717) is 18.7 Å². The van der Waals surface area contributed by atoms with E-state index in [1.165, 1.54) is 17.2 Å². The van der Waals surface area contributed by atoms with Gasteiger partial charge >= 0.3 is 0 Å². The summed E-state index contributed by atoms with van der Waals surface area (Å²) in [5.41, 5.74) is 5.82. The number of nitrogen functional groups attached to an aromatic ring is 1. The van der Waals surface area contributed by atoms with Gasteiger partial charge in [-0.05, 0) is 6.07 Å². The van der Waals surface area contributed by atoms with Crippen molar-refractivity contribution in [3.05, 3.63) is 22.8 Å². The van der Waals surface area contributed by atoms with Crippen LogP contribution in [0.3, 0.4) is 0 Å². The Bertz CT molecular complexity index is 506. The van der Waals surface area contributed by atoms with Gasteiger partial charge in [-0.1, -0.05) is 11.6 Å². The van der Waals surface area contributed by atoms with Crippen molar-refractivity contribution in [1.29, 1.82) is 0 Å². The van der Waals surface area contributed by atoms with Crippen LogP contribution in [0, 0.1) is 0 Å². The van der Waals surface area contributed by atoms with Crippen LogP contribution in [0.4, 0.5) is 5.82 Å². The Hall–Kier alpha value is -1.82. The van der Waals surface area contributed by atoms with Crippen LogP contribution in [0.5, 0.6) is 0 Å². The number of aromatic nitrogens is 1. The number of piperazine rings is 1. The molecule has 1 aromatic rings. The van der Waals surface area contributed by atoms with Crippen LogP contribution in [0.25, 0.3) is 0 Å². The number of carbonyl (C=O) groups excluding carboxylic acids is 2. The molecule has 0 unspecified atom stereocenters. The van der Waals surface area contributed by atoms with Crippen LogP contribution in [-0.4, -0.2) is 53.3 Å². The maximum atomic E-state index is 12.1. The smallest absolute Gasteiger partial charge is 0.256 e. The monoisotopic (exact) mass is 268 g/mol. The van der Waals surface area contributed by atoms with Gasteiger partial charge in [-0.15, -0.1) is 0 Å². The van der Waals surface area contributed by atoms with Gasteiger partial charge in [-0.2, -0.15) is 0 Å². The third kappa shape index (κ3) is 2.38. The molecular weight excluding hydrogens is 256 g/mol. The highest BCUT2D eigenvalue weighted by Gasteiger charge is 2.25. The summed E-state index contributed by atoms with van der Waals surface area (Å²) in [6.07, 6.45) is 1.37. The van der Waals surface area contributed by atoms with E-state index < -0.39 is 0 Å². The SMILES string of the molecule is CN1CCN(C(=O)c2cnc(N)c(Cl)c2)CC1=O. The van der Waals surface area contributed by atoms with Crippen LogP contribution >= 0.6 is 11.6 Å². The molecule has 0 spiro atoms. The first-order valence-electron chi connectivity index (χ1n) is 5.43. The van der Waals surface area contributed by atoms with Crippen LogP contribution < -0.4 is 5.73 Å². The first-order chi connectivity index (χ1) is 8.49. The standard InChI is InChI=1S/C11H13ClN4O2/c1-15-2-3-16(6-9(15)17)11(18)7-4-8(12)10(13)14-5-7/h4-5H,2-3,6H2,1H3,(H2,13,14). The van der Waals surface area contributed by atoms with Gasteiger partial charge in [0.2, 0.25) is 5.91 Å². The van der Waals surface area contributed by atoms with Gasteiger partial charge in [-0.3, -0.25) is 9.59 Å². The summed E-state index contributed by atoms with van der Waals surface area (Å²) in [6.45, 7) is 1.11. The van der Waals surface area contributed by atoms with Crippen molar-refractivity contribution < 1.29 is 9.59 Å². The Morgan fingerprint density at radius 1 is 1.50 bits per heavy atom. The van der Waals surface area contributed by atoms with Crippen molar-refractivity contribution >= 4 is 29.2 Å². The second-order valence-electron chi connectivity index (χ2n) is 4.13. The molecule has 7 heteroatoms. The number of nitrogens with zero attached hydrogens (tertiary/aromatic N) is 3. The minimum absolute atomic E-state index is 0.0795. The quantitative estimate of drug-likeness (QED) is 0.791. The van der Waals surface area contributed by atoms with E-state index in [9.17, 15) is 9.59 Å². The largest absolute Gasteiger partial charge is 0.382 e. The normalized spacial score (nSPS) is 16.0. The van der Waals surface area contributed by atoms with Gasteiger partial charge in [0.05, 0.1) is 10.6 Å². The highest BCUT2D eigenvalue weighted by atomic mass is 35.5. The van der Waals surface area contributed by atoms with Crippen molar-refractivity contribution in [1.82, 2.24) is 14.8 Å². The minimum atomic E-state index is -0.258. The number of hydrogen-bond acceptors (Lipinski definition) is 4. The van der Waals surface area contributed by atoms with Gasteiger partial charge in [0, 0.05) is 26.3 Å². The zero-order valence-corrected chi connectivity index (χ0v) is 10.6. The molecule has 2 N–H and O–H groups in total. The molecule has 0 aromatic carbocycles. The minimum Gasteiger partial charge on any atom is -0.382 e. The highest BCUT2D eigenvalue weighted by Crippen LogP contribution is 2.18. The van der Waals surface area contributed by atoms with Crippen molar-refractivity contribution in [3.8, 4) is 0 Å². The summed E-state index contributed by atoms with van der Waals surface area (Å²) in [7, 11) is 1.71. The molecule has 1 aliphatic rings. The molecule has 1 aliphatic heterocycles. The Balaban J connectivity index is 2.16. The van der Waals surface area contributed by atoms with E-state index in [0.717, 1.165) is 0 Å². The first-order valence-corrected chi connectivity index (χ1v) is 5.81. The van der Waals surface area contributed by atoms with E-state index in [2.05, 4.69) is 4.98 Å². The molecule has 1 fully saturated rings. The number of pyridine rings is 1. The highest BCUT2D eigenvalue weighted by molar-refractivity contribution is 6.33. The number of carbonyl (C=O) groups is 2. The number of hydrogen-bond donors (Lipinski definition) is 1. The Kier molecular flexibility index (Phi) is 3.38. The molecule has 1 saturated heterocycles. The number of amides is 2. The van der Waals surface area contributed by atoms with Crippen molar-refractivity contribution in [2.24, 2.45) is 0 Å². The fraction of sp³-hybridized carbons (Fsp3) is 0.364. The van der Waals surface area contributed by atoms with E-state index in [1.807, 2.05) is 0 Å². The maximum Gasteiger partial charge on any atom is 0.256 e. The number of anilines is 1. The maximum absolute atomic E-state index is 12.1. The molecule has 2 amide bonds. The van der Waals surface area contributed by atoms with Crippen molar-refractivity contribution in [2.75, 3.05) is 32.4 Å². The third-order valence-corrected chi connectivity index (χ3v) is 3.16. The lowest BCUT2D eigenvalue weighted by Crippen LogP contribution is -2.50. The lowest BCUT2D eigenvalue weighted by atomic mass is 10.2. The average molecular weight is 269 g/mol. The lowest BCUT2D eigenvalue weighted by Gasteiger charge is -2.31. The second kappa shape index (κ2) is 4.81. The Morgan fingerprint density at radius 3 is 2.83 bits per heavy atom. The molecule has 6 nitrogen and oxygen atoms in total. The number of halogens is 1. The van der Waals surface area contributed by atoms with Gasteiger partial charge in [0.25, 0.3) is 5.91 Å². The first kappa shape index (κ1) is 12.6. The van der Waals surface area contributed by atoms with Crippen LogP contribution in [0.15, 0.2) is 12.3 Å². The number of nitrogens with two attached hydrogens (primary N) is 1. The Labute approximate surface area is 109 Å². The molecule has 18 heavy (non-hydrogen) atoms. The summed E-state index contributed by atoms with van der Waals surface area (Å²) in [4.78, 5) is 30.6. The summed E-state index contributed by atoms with van der Waals surface area (Å²) in [6, 6.07) is 1.47. The molecular formula is C11H13ClN4O2. The second-order valence-corrected chi connectivity index (χ2v) is 4.54. The van der Waals surface area contributed by atoms with Crippen molar-refractivity contribution in [3.63, 3.8) is 0 Å². The van der Waals surface area contributed by atoms with E-state index in [-0.39, 0.29) is 29.2 Å². The zero-order chi connectivity index (χ0) is 13.3. The molecule has 1 aromatic heterocycles. The number of rotatable bonds is 1. The van der Waals surface area contributed by atoms with Crippen LogP contribution in [0.1, 0.15) is 10.4 Å². The molecule has 0 aliphatic carbocycles. The molecule has 0 bridgehead atoms. The lowest BCUT2D eigenvalue weighted by molar-refractivity contribution is -0.133. The summed E-state index contributed by atoms with van der Waals surface area (Å²) in [5.74, 6) is -0.155. The van der Waals surface area contributed by atoms with Gasteiger partial charge in [0.15, 0.2) is 0 Å². The van der Waals surface area contributed by atoms with Crippen LogP contribution in [0.2, 0.25) is 5.02 Å². The van der Waals surface area contributed by atoms with Gasteiger partial charge < -0.3 is 15.5 Å². The van der Waals surface area contributed by atoms with Crippen LogP contribution in [-0.2, 0) is 4.79 Å². The van der Waals surface area contributed by atoms with E-state index in [1.54, 1.807) is 11.9 Å². The third-order valence-electron chi connectivity index (χ3n) is 2.86. The summed E-state index contributed by atoms with van der Waals surface area (Å²) in [5, 5.41) is 0.237. The molecule has 2 rings (SSSR count). The van der Waals surface area contributed by atoms with Crippen molar-refractivity contribution in [2.45, 2.75) is 0 Å². The fourth-order valence-electron chi connectivity index (χ4n) is 1.68. The van der Waals surface area contributed by atoms with E-state index >= 15 is 0 Å². The summed E-state index contributed by atoms with van der Waals surface area (Å²) >= 11 is 5.82. The van der Waals surface area contributed by atoms with E-state index in [4.69, 9.17) is 17.3 Å². The summed E-state index contributed by atoms with van der Waals surface area (Å²) < 4.78 is 0. The molecule has 0 atom stereocenters. The average Bonchev–Trinajstić information content (AvgIpc) is 2.35. The zero-order valence-electron chi connectivity index (χ0n) is 9.89. The molecule has 2 heterocycles.